The lowest BCUT2D eigenvalue weighted by molar-refractivity contribution is -0.141. The van der Waals surface area contributed by atoms with E-state index in [4.69, 9.17) is 0 Å². The number of rotatable bonds is 7. The van der Waals surface area contributed by atoms with E-state index in [9.17, 15) is 24.0 Å². The van der Waals surface area contributed by atoms with Crippen LogP contribution in [0.2, 0.25) is 0 Å². The molecule has 3 N–H and O–H groups in total. The Morgan fingerprint density at radius 2 is 1.69 bits per heavy atom. The van der Waals surface area contributed by atoms with Crippen LogP contribution in [0.3, 0.4) is 0 Å². The first-order valence-electron chi connectivity index (χ1n) is 9.82. The number of hydrogen-bond acceptors (Lipinski definition) is 6. The Balaban J connectivity index is 1.55. The maximum absolute atomic E-state index is 12.5. The van der Waals surface area contributed by atoms with Crippen molar-refractivity contribution < 1.29 is 28.7 Å². The molecule has 1 aliphatic rings. The number of esters is 1. The van der Waals surface area contributed by atoms with E-state index < -0.39 is 5.97 Å². The highest BCUT2D eigenvalue weighted by molar-refractivity contribution is 6.05. The van der Waals surface area contributed by atoms with Crippen LogP contribution >= 0.6 is 0 Å². The summed E-state index contributed by atoms with van der Waals surface area (Å²) in [6, 6.07) is 13.0. The van der Waals surface area contributed by atoms with Crippen LogP contribution in [0, 0.1) is 0 Å². The lowest BCUT2D eigenvalue weighted by Crippen LogP contribution is -2.50. The van der Waals surface area contributed by atoms with E-state index in [2.05, 4.69) is 20.8 Å². The first kappa shape index (κ1) is 22.5. The van der Waals surface area contributed by atoms with Gasteiger partial charge in [-0.15, -0.1) is 0 Å². The lowest BCUT2D eigenvalue weighted by Gasteiger charge is -2.27. The average Bonchev–Trinajstić information content (AvgIpc) is 2.80. The Morgan fingerprint density at radius 3 is 2.34 bits per heavy atom. The van der Waals surface area contributed by atoms with Crippen LogP contribution in [-0.4, -0.2) is 43.3 Å². The third-order valence-electron chi connectivity index (χ3n) is 4.67. The highest BCUT2D eigenvalue weighted by Crippen LogP contribution is 2.19. The molecule has 0 saturated carbocycles. The number of carbonyl (C=O) groups excluding carboxylic acids is 5. The Kier molecular flexibility index (Phi) is 7.17. The van der Waals surface area contributed by atoms with Gasteiger partial charge in [-0.1, -0.05) is 12.1 Å². The predicted molar refractivity (Wildman–Crippen MR) is 114 cm³/mol. The number of hydrogen-bond donors (Lipinski definition) is 3. The van der Waals surface area contributed by atoms with Gasteiger partial charge in [0.25, 0.3) is 5.91 Å². The summed E-state index contributed by atoms with van der Waals surface area (Å²) in [6.07, 6.45) is 0.377. The minimum absolute atomic E-state index is 0.0818. The summed E-state index contributed by atoms with van der Waals surface area (Å²) in [6.45, 7) is -0.194. The highest BCUT2D eigenvalue weighted by Gasteiger charge is 2.24. The van der Waals surface area contributed by atoms with Crippen LogP contribution < -0.4 is 21.1 Å². The zero-order valence-electron chi connectivity index (χ0n) is 17.3. The summed E-state index contributed by atoms with van der Waals surface area (Å²) in [5.41, 5.74) is 4.59. The molecule has 2 aromatic carbocycles. The van der Waals surface area contributed by atoms with Crippen molar-refractivity contribution in [1.29, 1.82) is 0 Å². The van der Waals surface area contributed by atoms with Crippen molar-refractivity contribution in [3.8, 4) is 0 Å². The highest BCUT2D eigenvalue weighted by atomic mass is 16.5. The number of anilines is 2. The molecule has 3 rings (SSSR count). The van der Waals surface area contributed by atoms with Gasteiger partial charge in [0.1, 0.15) is 6.54 Å². The summed E-state index contributed by atoms with van der Waals surface area (Å²) in [5, 5.41) is 6.38. The number of carbonyl (C=O) groups is 5. The minimum atomic E-state index is -0.531. The molecule has 1 aliphatic heterocycles. The molecule has 1 saturated heterocycles. The average molecular weight is 438 g/mol. The SMILES string of the molecule is COC(=O)CNC(=O)Cc1ccc(NC(=O)c2ccc(N3NC(=O)CCC3=O)cc2)cc1. The minimum Gasteiger partial charge on any atom is -0.468 e. The fourth-order valence-electron chi connectivity index (χ4n) is 2.95. The van der Waals surface area contributed by atoms with Gasteiger partial charge in [-0.25, -0.2) is 5.01 Å². The van der Waals surface area contributed by atoms with Crippen LogP contribution in [0.15, 0.2) is 48.5 Å². The second-order valence-electron chi connectivity index (χ2n) is 6.99. The molecule has 0 spiro atoms. The quantitative estimate of drug-likeness (QED) is 0.551. The smallest absolute Gasteiger partial charge is 0.325 e. The number of hydrazine groups is 1. The van der Waals surface area contributed by atoms with Gasteiger partial charge in [-0.05, 0) is 42.0 Å². The molecule has 0 bridgehead atoms. The third-order valence-corrected chi connectivity index (χ3v) is 4.67. The second kappa shape index (κ2) is 10.2. The van der Waals surface area contributed by atoms with E-state index in [-0.39, 0.29) is 49.4 Å². The summed E-state index contributed by atoms with van der Waals surface area (Å²) < 4.78 is 4.46. The van der Waals surface area contributed by atoms with E-state index in [0.29, 0.717) is 22.5 Å². The van der Waals surface area contributed by atoms with Crippen LogP contribution in [0.4, 0.5) is 11.4 Å². The fourth-order valence-corrected chi connectivity index (χ4v) is 2.95. The lowest BCUT2D eigenvalue weighted by atomic mass is 10.1. The third kappa shape index (κ3) is 5.91. The van der Waals surface area contributed by atoms with Crippen LogP contribution in [0.1, 0.15) is 28.8 Å². The topological polar surface area (TPSA) is 134 Å². The maximum atomic E-state index is 12.5. The molecular weight excluding hydrogens is 416 g/mol. The van der Waals surface area contributed by atoms with E-state index in [1.54, 1.807) is 48.5 Å². The van der Waals surface area contributed by atoms with Gasteiger partial charge in [0.2, 0.25) is 17.7 Å². The van der Waals surface area contributed by atoms with Crippen LogP contribution in [0.25, 0.3) is 0 Å². The maximum Gasteiger partial charge on any atom is 0.325 e. The number of amides is 4. The van der Waals surface area contributed by atoms with E-state index in [1.807, 2.05) is 0 Å². The van der Waals surface area contributed by atoms with Crippen molar-refractivity contribution in [2.75, 3.05) is 24.0 Å². The Labute approximate surface area is 183 Å². The molecule has 4 amide bonds. The molecule has 1 fully saturated rings. The molecular formula is C22H22N4O6. The summed E-state index contributed by atoms with van der Waals surface area (Å²) >= 11 is 0. The Hall–Kier alpha value is -4.21. The molecule has 10 heteroatoms. The van der Waals surface area contributed by atoms with Gasteiger partial charge in [0.15, 0.2) is 0 Å². The Morgan fingerprint density at radius 1 is 1.00 bits per heavy atom. The molecule has 166 valence electrons. The fraction of sp³-hybridized carbons (Fsp3) is 0.227. The predicted octanol–water partition coefficient (Wildman–Crippen LogP) is 0.929. The molecule has 32 heavy (non-hydrogen) atoms. The first-order chi connectivity index (χ1) is 15.4. The summed E-state index contributed by atoms with van der Waals surface area (Å²) in [7, 11) is 1.24. The summed E-state index contributed by atoms with van der Waals surface area (Å²) in [4.78, 5) is 58.8. The van der Waals surface area contributed by atoms with Crippen LogP contribution in [-0.2, 0) is 30.3 Å². The molecule has 0 aliphatic carbocycles. The van der Waals surface area contributed by atoms with E-state index in [0.717, 1.165) is 0 Å². The van der Waals surface area contributed by atoms with Crippen molar-refractivity contribution in [2.24, 2.45) is 0 Å². The van der Waals surface area contributed by atoms with Crippen molar-refractivity contribution in [1.82, 2.24) is 10.7 Å². The van der Waals surface area contributed by atoms with Crippen molar-refractivity contribution in [2.45, 2.75) is 19.3 Å². The molecule has 0 radical (unpaired) electrons. The van der Waals surface area contributed by atoms with Crippen molar-refractivity contribution in [3.63, 3.8) is 0 Å². The molecule has 2 aromatic rings. The number of methoxy groups -OCH3 is 1. The molecule has 10 nitrogen and oxygen atoms in total. The molecule has 0 unspecified atom stereocenters. The van der Waals surface area contributed by atoms with Gasteiger partial charge in [0, 0.05) is 24.1 Å². The normalized spacial score (nSPS) is 13.2. The van der Waals surface area contributed by atoms with E-state index in [1.165, 1.54) is 12.1 Å². The van der Waals surface area contributed by atoms with Crippen molar-refractivity contribution >= 4 is 41.0 Å². The summed E-state index contributed by atoms with van der Waals surface area (Å²) in [5.74, 6) is -1.67. The first-order valence-corrected chi connectivity index (χ1v) is 9.82. The van der Waals surface area contributed by atoms with Gasteiger partial charge >= 0.3 is 5.97 Å². The molecule has 1 heterocycles. The zero-order valence-corrected chi connectivity index (χ0v) is 17.3. The standard InChI is InChI=1S/C22H22N4O6/c1-32-21(30)13-23-19(28)12-14-2-6-16(7-3-14)24-22(31)15-4-8-17(9-5-15)26-20(29)11-10-18(27)25-26/h2-9H,10-13H2,1H3,(H,23,28)(H,24,31)(H,25,27). The van der Waals surface area contributed by atoms with E-state index >= 15 is 0 Å². The van der Waals surface area contributed by atoms with Gasteiger partial charge in [-0.2, -0.15) is 0 Å². The zero-order chi connectivity index (χ0) is 23.1. The van der Waals surface area contributed by atoms with Crippen LogP contribution in [0.5, 0.6) is 0 Å². The number of nitrogens with zero attached hydrogens (tertiary/aromatic N) is 1. The van der Waals surface area contributed by atoms with Crippen molar-refractivity contribution in [3.05, 3.63) is 59.7 Å². The van der Waals surface area contributed by atoms with Gasteiger partial charge < -0.3 is 15.4 Å². The van der Waals surface area contributed by atoms with Gasteiger partial charge in [-0.3, -0.25) is 29.4 Å². The monoisotopic (exact) mass is 438 g/mol. The largest absolute Gasteiger partial charge is 0.468 e. The number of ether oxygens (including phenoxy) is 1. The number of benzene rings is 2. The second-order valence-corrected chi connectivity index (χ2v) is 6.99. The number of nitrogens with one attached hydrogen (secondary N) is 3. The molecule has 0 aromatic heterocycles. The molecule has 0 atom stereocenters. The van der Waals surface area contributed by atoms with Gasteiger partial charge in [0.05, 0.1) is 19.2 Å². The Bertz CT molecular complexity index is 1030.